The summed E-state index contributed by atoms with van der Waals surface area (Å²) < 4.78 is 4.72. The molecule has 0 fully saturated rings. The summed E-state index contributed by atoms with van der Waals surface area (Å²) in [5.41, 5.74) is 0. The van der Waals surface area contributed by atoms with Gasteiger partial charge in [-0.05, 0) is 14.0 Å². The molecule has 0 saturated carbocycles. The van der Waals surface area contributed by atoms with Gasteiger partial charge < -0.3 is 15.2 Å². The van der Waals surface area contributed by atoms with Gasteiger partial charge >= 0.3 is 11.9 Å². The van der Waals surface area contributed by atoms with Crippen LogP contribution >= 0.6 is 0 Å². The van der Waals surface area contributed by atoms with E-state index in [1.54, 1.807) is 14.0 Å². The smallest absolute Gasteiger partial charge is 0.320 e. The van der Waals surface area contributed by atoms with Crippen LogP contribution in [0, 0.1) is 0 Å². The molecular formula is C7H13NO4. The standard InChI is InChI=1S/C7H13NO4/c1-5(3-6(9)10)12-7(11)4-8-2/h5,8H,3-4H2,1-2H3,(H,9,10). The minimum Gasteiger partial charge on any atom is -0.481 e. The second kappa shape index (κ2) is 5.54. The minimum atomic E-state index is -0.972. The van der Waals surface area contributed by atoms with Crippen molar-refractivity contribution >= 4 is 11.9 Å². The Labute approximate surface area is 70.7 Å². The molecule has 0 aliphatic heterocycles. The van der Waals surface area contributed by atoms with Gasteiger partial charge in [0, 0.05) is 0 Å². The molecule has 0 bridgehead atoms. The fourth-order valence-corrected chi connectivity index (χ4v) is 0.698. The summed E-state index contributed by atoms with van der Waals surface area (Å²) in [4.78, 5) is 20.9. The van der Waals surface area contributed by atoms with Gasteiger partial charge in [-0.25, -0.2) is 0 Å². The van der Waals surface area contributed by atoms with Gasteiger partial charge in [-0.15, -0.1) is 0 Å². The molecule has 0 heterocycles. The number of carboxylic acids is 1. The molecule has 1 atom stereocenters. The molecule has 0 aliphatic carbocycles. The predicted molar refractivity (Wildman–Crippen MR) is 41.7 cm³/mol. The molecule has 0 aliphatic rings. The number of carboxylic acid groups (broad SMARTS) is 1. The number of hydrogen-bond donors (Lipinski definition) is 2. The number of hydrogen-bond acceptors (Lipinski definition) is 4. The van der Waals surface area contributed by atoms with Crippen LogP contribution in [0.1, 0.15) is 13.3 Å². The highest BCUT2D eigenvalue weighted by molar-refractivity contribution is 5.73. The van der Waals surface area contributed by atoms with E-state index in [4.69, 9.17) is 9.84 Å². The second-order valence-corrected chi connectivity index (χ2v) is 2.43. The lowest BCUT2D eigenvalue weighted by Gasteiger charge is -2.09. The van der Waals surface area contributed by atoms with E-state index in [9.17, 15) is 9.59 Å². The molecule has 5 heteroatoms. The highest BCUT2D eigenvalue weighted by Gasteiger charge is 2.11. The first kappa shape index (κ1) is 10.9. The maximum absolute atomic E-state index is 10.8. The van der Waals surface area contributed by atoms with Crippen molar-refractivity contribution in [3.8, 4) is 0 Å². The molecule has 0 spiro atoms. The molecule has 0 rings (SSSR count). The van der Waals surface area contributed by atoms with E-state index in [-0.39, 0.29) is 13.0 Å². The van der Waals surface area contributed by atoms with Crippen LogP contribution in [-0.4, -0.2) is 36.7 Å². The zero-order chi connectivity index (χ0) is 9.56. The molecule has 0 aromatic rings. The summed E-state index contributed by atoms with van der Waals surface area (Å²) >= 11 is 0. The van der Waals surface area contributed by atoms with Crippen molar-refractivity contribution in [3.63, 3.8) is 0 Å². The van der Waals surface area contributed by atoms with Crippen LogP contribution in [0.25, 0.3) is 0 Å². The lowest BCUT2D eigenvalue weighted by atomic mass is 10.3. The van der Waals surface area contributed by atoms with Gasteiger partial charge in [-0.3, -0.25) is 9.59 Å². The SMILES string of the molecule is CNCC(=O)OC(C)CC(=O)O. The molecule has 12 heavy (non-hydrogen) atoms. The molecule has 0 saturated heterocycles. The number of carbonyl (C=O) groups is 2. The predicted octanol–water partition coefficient (Wildman–Crippen LogP) is -0.388. The molecular weight excluding hydrogens is 162 g/mol. The van der Waals surface area contributed by atoms with Crippen molar-refractivity contribution in [2.45, 2.75) is 19.4 Å². The molecule has 1 unspecified atom stereocenters. The van der Waals surface area contributed by atoms with Crippen LogP contribution in [0.5, 0.6) is 0 Å². The van der Waals surface area contributed by atoms with Crippen LogP contribution in [0.3, 0.4) is 0 Å². The lowest BCUT2D eigenvalue weighted by Crippen LogP contribution is -2.26. The Hall–Kier alpha value is -1.10. The van der Waals surface area contributed by atoms with E-state index in [0.29, 0.717) is 0 Å². The van der Waals surface area contributed by atoms with Crippen LogP contribution in [-0.2, 0) is 14.3 Å². The Morgan fingerprint density at radius 2 is 2.17 bits per heavy atom. The summed E-state index contributed by atoms with van der Waals surface area (Å²) in [5.74, 6) is -1.41. The first-order valence-electron chi connectivity index (χ1n) is 3.62. The van der Waals surface area contributed by atoms with Crippen LogP contribution in [0.2, 0.25) is 0 Å². The fraction of sp³-hybridized carbons (Fsp3) is 0.714. The summed E-state index contributed by atoms with van der Waals surface area (Å²) in [6, 6.07) is 0. The van der Waals surface area contributed by atoms with Crippen molar-refractivity contribution in [1.29, 1.82) is 0 Å². The van der Waals surface area contributed by atoms with Gasteiger partial charge in [-0.2, -0.15) is 0 Å². The molecule has 2 N–H and O–H groups in total. The largest absolute Gasteiger partial charge is 0.481 e. The van der Waals surface area contributed by atoms with Gasteiger partial charge in [-0.1, -0.05) is 0 Å². The third-order valence-electron chi connectivity index (χ3n) is 1.12. The van der Waals surface area contributed by atoms with Crippen molar-refractivity contribution in [2.24, 2.45) is 0 Å². The number of carbonyl (C=O) groups excluding carboxylic acids is 1. The van der Waals surface area contributed by atoms with Crippen molar-refractivity contribution in [3.05, 3.63) is 0 Å². The summed E-state index contributed by atoms with van der Waals surface area (Å²) in [5, 5.41) is 10.9. The highest BCUT2D eigenvalue weighted by Crippen LogP contribution is 1.96. The van der Waals surface area contributed by atoms with Crippen LogP contribution in [0.15, 0.2) is 0 Å². The van der Waals surface area contributed by atoms with E-state index in [1.165, 1.54) is 0 Å². The number of esters is 1. The minimum absolute atomic E-state index is 0.101. The van der Waals surface area contributed by atoms with E-state index in [0.717, 1.165) is 0 Å². The van der Waals surface area contributed by atoms with Gasteiger partial charge in [0.1, 0.15) is 6.10 Å². The third kappa shape index (κ3) is 5.67. The zero-order valence-corrected chi connectivity index (χ0v) is 7.16. The van der Waals surface area contributed by atoms with Crippen LogP contribution < -0.4 is 5.32 Å². The Kier molecular flexibility index (Phi) is 5.03. The monoisotopic (exact) mass is 175 g/mol. The maximum atomic E-state index is 10.8. The number of aliphatic carboxylic acids is 1. The third-order valence-corrected chi connectivity index (χ3v) is 1.12. The van der Waals surface area contributed by atoms with E-state index >= 15 is 0 Å². The van der Waals surface area contributed by atoms with E-state index < -0.39 is 18.0 Å². The highest BCUT2D eigenvalue weighted by atomic mass is 16.5. The maximum Gasteiger partial charge on any atom is 0.320 e. The van der Waals surface area contributed by atoms with Crippen molar-refractivity contribution in [2.75, 3.05) is 13.6 Å². The number of ether oxygens (including phenoxy) is 1. The average Bonchev–Trinajstić information content (AvgIpc) is 1.84. The lowest BCUT2D eigenvalue weighted by molar-refractivity contribution is -0.150. The number of nitrogens with one attached hydrogen (secondary N) is 1. The number of likely N-dealkylation sites (N-methyl/N-ethyl adjacent to an activating group) is 1. The summed E-state index contributed by atoms with van der Waals surface area (Å²) in [7, 11) is 1.61. The summed E-state index contributed by atoms with van der Waals surface area (Å²) in [6.45, 7) is 1.64. The normalized spacial score (nSPS) is 12.2. The van der Waals surface area contributed by atoms with Gasteiger partial charge in [0.05, 0.1) is 13.0 Å². The van der Waals surface area contributed by atoms with Crippen molar-refractivity contribution in [1.82, 2.24) is 5.32 Å². The quantitative estimate of drug-likeness (QED) is 0.557. The molecule has 70 valence electrons. The molecule has 5 nitrogen and oxygen atoms in total. The average molecular weight is 175 g/mol. The van der Waals surface area contributed by atoms with E-state index in [1.807, 2.05) is 0 Å². The van der Waals surface area contributed by atoms with Gasteiger partial charge in [0.2, 0.25) is 0 Å². The first-order valence-corrected chi connectivity index (χ1v) is 3.62. The first-order chi connectivity index (χ1) is 5.56. The Morgan fingerprint density at radius 3 is 2.58 bits per heavy atom. The van der Waals surface area contributed by atoms with Crippen molar-refractivity contribution < 1.29 is 19.4 Å². The topological polar surface area (TPSA) is 75.6 Å². The summed E-state index contributed by atoms with van der Waals surface area (Å²) in [6.07, 6.45) is -0.724. The van der Waals surface area contributed by atoms with E-state index in [2.05, 4.69) is 5.32 Å². The Bertz CT molecular complexity index is 169. The molecule has 0 aromatic heterocycles. The fourth-order valence-electron chi connectivity index (χ4n) is 0.698. The molecule has 0 aromatic carbocycles. The Balaban J connectivity index is 3.61. The second-order valence-electron chi connectivity index (χ2n) is 2.43. The van der Waals surface area contributed by atoms with Crippen LogP contribution in [0.4, 0.5) is 0 Å². The zero-order valence-electron chi connectivity index (χ0n) is 7.16. The Morgan fingerprint density at radius 1 is 1.58 bits per heavy atom. The van der Waals surface area contributed by atoms with Gasteiger partial charge in [0.25, 0.3) is 0 Å². The van der Waals surface area contributed by atoms with Gasteiger partial charge in [0.15, 0.2) is 0 Å². The number of rotatable bonds is 5. The molecule has 0 radical (unpaired) electrons. The molecule has 0 amide bonds.